The summed E-state index contributed by atoms with van der Waals surface area (Å²) >= 11 is 1.66. The number of aromatic nitrogens is 3. The fourth-order valence-corrected chi connectivity index (χ4v) is 3.42. The molecule has 100 valence electrons. The number of hydrogen-bond donors (Lipinski definition) is 1. The van der Waals surface area contributed by atoms with Crippen molar-refractivity contribution in [1.29, 1.82) is 0 Å². The van der Waals surface area contributed by atoms with Gasteiger partial charge in [0.1, 0.15) is 5.03 Å². The van der Waals surface area contributed by atoms with E-state index in [9.17, 15) is 0 Å². The van der Waals surface area contributed by atoms with Gasteiger partial charge in [-0.1, -0.05) is 17.8 Å². The van der Waals surface area contributed by atoms with Crippen LogP contribution in [0.15, 0.2) is 28.4 Å². The number of pyridine rings is 1. The lowest BCUT2D eigenvalue weighted by atomic mass is 9.95. The predicted octanol–water partition coefficient (Wildman–Crippen LogP) is 2.30. The number of nitrogens with two attached hydrogens (primary N) is 1. The van der Waals surface area contributed by atoms with Crippen LogP contribution in [0.4, 0.5) is 0 Å². The Hall–Kier alpha value is -1.33. The van der Waals surface area contributed by atoms with Crippen LogP contribution in [0.25, 0.3) is 0 Å². The largest absolute Gasteiger partial charge is 0.326 e. The van der Waals surface area contributed by atoms with Gasteiger partial charge < -0.3 is 5.73 Å². The van der Waals surface area contributed by atoms with Crippen LogP contribution in [0.3, 0.4) is 0 Å². The summed E-state index contributed by atoms with van der Waals surface area (Å²) in [5.74, 6) is 0. The third-order valence-electron chi connectivity index (χ3n) is 3.46. The molecule has 0 aliphatic heterocycles. The first-order chi connectivity index (χ1) is 9.26. The van der Waals surface area contributed by atoms with Crippen molar-refractivity contribution in [3.63, 3.8) is 0 Å². The van der Waals surface area contributed by atoms with Crippen molar-refractivity contribution in [3.8, 4) is 0 Å². The molecule has 2 aromatic rings. The lowest BCUT2D eigenvalue weighted by Crippen LogP contribution is -2.10. The zero-order valence-electron chi connectivity index (χ0n) is 11.1. The quantitative estimate of drug-likeness (QED) is 0.933. The molecule has 2 aromatic heterocycles. The van der Waals surface area contributed by atoms with Crippen LogP contribution in [-0.4, -0.2) is 14.8 Å². The van der Waals surface area contributed by atoms with Gasteiger partial charge in [0.05, 0.1) is 11.1 Å². The Morgan fingerprint density at radius 3 is 2.95 bits per heavy atom. The van der Waals surface area contributed by atoms with Gasteiger partial charge in [-0.15, -0.1) is 0 Å². The molecule has 2 N–H and O–H groups in total. The number of nitrogens with zero attached hydrogens (tertiary/aromatic N) is 3. The minimum Gasteiger partial charge on any atom is -0.326 e. The third-order valence-corrected chi connectivity index (χ3v) is 4.45. The second-order valence-electron chi connectivity index (χ2n) is 4.92. The molecule has 0 atom stereocenters. The number of aryl methyl sites for hydroxylation is 3. The zero-order chi connectivity index (χ0) is 13.2. The summed E-state index contributed by atoms with van der Waals surface area (Å²) in [4.78, 5) is 5.95. The molecule has 0 unspecified atom stereocenters. The van der Waals surface area contributed by atoms with E-state index in [0.717, 1.165) is 28.3 Å². The van der Waals surface area contributed by atoms with Crippen molar-refractivity contribution < 1.29 is 0 Å². The van der Waals surface area contributed by atoms with Gasteiger partial charge in [0.2, 0.25) is 0 Å². The highest BCUT2D eigenvalue weighted by molar-refractivity contribution is 7.99. The molecule has 5 heteroatoms. The highest BCUT2D eigenvalue weighted by Gasteiger charge is 2.15. The summed E-state index contributed by atoms with van der Waals surface area (Å²) in [5, 5.41) is 5.23. The fraction of sp³-hybridized carbons (Fsp3) is 0.429. The highest BCUT2D eigenvalue weighted by Crippen LogP contribution is 2.31. The maximum absolute atomic E-state index is 5.87. The van der Waals surface area contributed by atoms with E-state index < -0.39 is 0 Å². The molecule has 2 heterocycles. The molecule has 4 nitrogen and oxygen atoms in total. The first-order valence-corrected chi connectivity index (χ1v) is 7.46. The Labute approximate surface area is 117 Å². The summed E-state index contributed by atoms with van der Waals surface area (Å²) in [6.07, 6.45) is 8.64. The molecule has 0 spiro atoms. The molecule has 1 aliphatic carbocycles. The van der Waals surface area contributed by atoms with Gasteiger partial charge in [-0.3, -0.25) is 4.68 Å². The summed E-state index contributed by atoms with van der Waals surface area (Å²) in [7, 11) is 1.92. The Morgan fingerprint density at radius 2 is 2.21 bits per heavy atom. The van der Waals surface area contributed by atoms with Gasteiger partial charge in [-0.2, -0.15) is 5.10 Å². The van der Waals surface area contributed by atoms with Gasteiger partial charge in [-0.05, 0) is 36.8 Å². The fourth-order valence-electron chi connectivity index (χ4n) is 2.46. The lowest BCUT2D eigenvalue weighted by molar-refractivity contribution is 0.656. The molecular formula is C14H18N4S. The Bertz CT molecular complexity index is 591. The van der Waals surface area contributed by atoms with E-state index in [0.29, 0.717) is 6.54 Å². The Balaban J connectivity index is 1.95. The molecule has 0 saturated heterocycles. The third kappa shape index (κ3) is 2.67. The second-order valence-corrected chi connectivity index (χ2v) is 5.98. The Morgan fingerprint density at radius 1 is 1.37 bits per heavy atom. The van der Waals surface area contributed by atoms with E-state index in [1.54, 1.807) is 11.8 Å². The van der Waals surface area contributed by atoms with Crippen molar-refractivity contribution >= 4 is 11.8 Å². The molecule has 0 saturated carbocycles. The monoisotopic (exact) mass is 274 g/mol. The smallest absolute Gasteiger partial charge is 0.106 e. The van der Waals surface area contributed by atoms with Crippen LogP contribution in [0.5, 0.6) is 0 Å². The summed E-state index contributed by atoms with van der Waals surface area (Å²) in [6, 6.07) is 2.25. The van der Waals surface area contributed by atoms with Crippen LogP contribution >= 0.6 is 11.8 Å². The Kier molecular flexibility index (Phi) is 3.57. The molecule has 19 heavy (non-hydrogen) atoms. The topological polar surface area (TPSA) is 56.7 Å². The second kappa shape index (κ2) is 5.35. The van der Waals surface area contributed by atoms with Gasteiger partial charge in [0.25, 0.3) is 0 Å². The summed E-state index contributed by atoms with van der Waals surface area (Å²) in [6.45, 7) is 0.545. The van der Waals surface area contributed by atoms with E-state index in [1.807, 2.05) is 24.1 Å². The summed E-state index contributed by atoms with van der Waals surface area (Å²) < 4.78 is 1.81. The SMILES string of the molecule is Cn1cc(Sc2nc3c(cc2CN)CCCC3)cn1. The highest BCUT2D eigenvalue weighted by atomic mass is 32.2. The molecular weight excluding hydrogens is 256 g/mol. The molecule has 3 rings (SSSR count). The molecule has 0 aromatic carbocycles. The number of hydrogen-bond acceptors (Lipinski definition) is 4. The van der Waals surface area contributed by atoms with Crippen molar-refractivity contribution in [1.82, 2.24) is 14.8 Å². The number of fused-ring (bicyclic) bond motifs is 1. The molecule has 0 amide bonds. The van der Waals surface area contributed by atoms with Crippen LogP contribution < -0.4 is 5.73 Å². The maximum atomic E-state index is 5.87. The molecule has 0 bridgehead atoms. The minimum absolute atomic E-state index is 0.545. The van der Waals surface area contributed by atoms with Crippen LogP contribution in [0.1, 0.15) is 29.7 Å². The minimum atomic E-state index is 0.545. The van der Waals surface area contributed by atoms with Crippen molar-refractivity contribution in [3.05, 3.63) is 35.3 Å². The average molecular weight is 274 g/mol. The number of rotatable bonds is 3. The van der Waals surface area contributed by atoms with Crippen molar-refractivity contribution in [2.24, 2.45) is 12.8 Å². The predicted molar refractivity (Wildman–Crippen MR) is 76.1 cm³/mol. The van der Waals surface area contributed by atoms with E-state index in [1.165, 1.54) is 24.1 Å². The molecule has 0 radical (unpaired) electrons. The first-order valence-electron chi connectivity index (χ1n) is 6.64. The zero-order valence-corrected chi connectivity index (χ0v) is 11.9. The summed E-state index contributed by atoms with van der Waals surface area (Å²) in [5.41, 5.74) is 9.67. The normalized spacial score (nSPS) is 14.4. The van der Waals surface area contributed by atoms with Crippen LogP contribution in [0.2, 0.25) is 0 Å². The van der Waals surface area contributed by atoms with Gasteiger partial charge in [0.15, 0.2) is 0 Å². The molecule has 1 aliphatic rings. The van der Waals surface area contributed by atoms with Crippen molar-refractivity contribution in [2.75, 3.05) is 0 Å². The lowest BCUT2D eigenvalue weighted by Gasteiger charge is -2.17. The van der Waals surface area contributed by atoms with E-state index >= 15 is 0 Å². The first kappa shape index (κ1) is 12.7. The average Bonchev–Trinajstić information content (AvgIpc) is 2.83. The van der Waals surface area contributed by atoms with Crippen LogP contribution in [0, 0.1) is 0 Å². The van der Waals surface area contributed by atoms with Crippen molar-refractivity contribution in [2.45, 2.75) is 42.1 Å². The standard InChI is InChI=1S/C14H18N4S/c1-18-9-12(8-16-18)19-14-11(7-15)6-10-4-2-3-5-13(10)17-14/h6,8-9H,2-5,7,15H2,1H3. The van der Waals surface area contributed by atoms with Crippen LogP contribution in [-0.2, 0) is 26.4 Å². The van der Waals surface area contributed by atoms with Gasteiger partial charge >= 0.3 is 0 Å². The van der Waals surface area contributed by atoms with E-state index in [2.05, 4.69) is 11.2 Å². The van der Waals surface area contributed by atoms with E-state index in [-0.39, 0.29) is 0 Å². The van der Waals surface area contributed by atoms with Gasteiger partial charge in [0, 0.05) is 25.5 Å². The molecule has 0 fully saturated rings. The van der Waals surface area contributed by atoms with E-state index in [4.69, 9.17) is 10.7 Å². The maximum Gasteiger partial charge on any atom is 0.106 e. The van der Waals surface area contributed by atoms with Gasteiger partial charge in [-0.25, -0.2) is 4.98 Å².